The van der Waals surface area contributed by atoms with E-state index in [1.807, 2.05) is 23.5 Å². The van der Waals surface area contributed by atoms with E-state index in [0.717, 1.165) is 50.1 Å². The first-order valence-corrected chi connectivity index (χ1v) is 21.5. The molecule has 0 aliphatic carbocycles. The fourth-order valence-electron chi connectivity index (χ4n) is 8.38. The minimum Gasteiger partial charge on any atom is -0.455 e. The minimum absolute atomic E-state index is 0.920. The van der Waals surface area contributed by atoms with Crippen molar-refractivity contribution >= 4 is 50.3 Å². The van der Waals surface area contributed by atoms with Crippen molar-refractivity contribution < 1.29 is 4.42 Å². The predicted molar refractivity (Wildman–Crippen MR) is 259 cm³/mol. The molecular weight excluding hydrogens is 759 g/mol. The summed E-state index contributed by atoms with van der Waals surface area (Å²) in [7, 11) is 0. The highest BCUT2D eigenvalue weighted by Gasteiger charge is 2.15. The lowest BCUT2D eigenvalue weighted by Gasteiger charge is -2.26. The Morgan fingerprint density at radius 3 is 1.15 bits per heavy atom. The van der Waals surface area contributed by atoms with Crippen molar-refractivity contribution in [3.63, 3.8) is 0 Å². The van der Waals surface area contributed by atoms with Gasteiger partial charge in [-0.25, -0.2) is 0 Å². The number of benzene rings is 9. The summed E-state index contributed by atoms with van der Waals surface area (Å²) in [5, 5.41) is 2.30. The molecule has 0 bridgehead atoms. The van der Waals surface area contributed by atoms with Gasteiger partial charge in [0.05, 0.1) is 0 Å². The molecule has 2 heterocycles. The molecule has 288 valence electrons. The fraction of sp³-hybridized carbons (Fsp3) is 0. The lowest BCUT2D eigenvalue weighted by atomic mass is 10.0. The van der Waals surface area contributed by atoms with E-state index in [9.17, 15) is 0 Å². The molecule has 0 amide bonds. The van der Waals surface area contributed by atoms with Crippen LogP contribution in [0.3, 0.4) is 0 Å². The highest BCUT2D eigenvalue weighted by Crippen LogP contribution is 2.41. The highest BCUT2D eigenvalue weighted by molar-refractivity contribution is 7.18. The third-order valence-electron chi connectivity index (χ3n) is 11.6. The smallest absolute Gasteiger partial charge is 0.143 e. The molecule has 11 rings (SSSR count). The van der Waals surface area contributed by atoms with Crippen LogP contribution in [-0.4, -0.2) is 0 Å². The molecule has 0 saturated carbocycles. The van der Waals surface area contributed by atoms with E-state index in [0.29, 0.717) is 0 Å². The molecule has 61 heavy (non-hydrogen) atoms. The van der Waals surface area contributed by atoms with Crippen molar-refractivity contribution in [2.24, 2.45) is 0 Å². The summed E-state index contributed by atoms with van der Waals surface area (Å²) in [6, 6.07) is 84.7. The van der Waals surface area contributed by atoms with Gasteiger partial charge in [-0.15, -0.1) is 11.3 Å². The van der Waals surface area contributed by atoms with Crippen LogP contribution in [0.15, 0.2) is 241 Å². The summed E-state index contributed by atoms with van der Waals surface area (Å²) in [5.41, 5.74) is 17.0. The molecule has 0 aliphatic rings. The van der Waals surface area contributed by atoms with Crippen LogP contribution < -0.4 is 4.90 Å². The van der Waals surface area contributed by atoms with Crippen molar-refractivity contribution in [3.8, 4) is 65.4 Å². The molecule has 0 aliphatic heterocycles. The van der Waals surface area contributed by atoms with Gasteiger partial charge in [-0.1, -0.05) is 182 Å². The maximum atomic E-state index is 6.32. The Morgan fingerprint density at radius 2 is 0.656 bits per heavy atom. The summed E-state index contributed by atoms with van der Waals surface area (Å²) in [4.78, 5) is 4.83. The van der Waals surface area contributed by atoms with Gasteiger partial charge in [-0.05, 0) is 105 Å². The van der Waals surface area contributed by atoms with E-state index in [4.69, 9.17) is 4.42 Å². The second-order valence-corrected chi connectivity index (χ2v) is 16.4. The van der Waals surface area contributed by atoms with Crippen LogP contribution in [0.2, 0.25) is 0 Å². The standard InChI is InChI=1S/C58H39NOS/c1-3-10-40(11-4-1)43-26-32-49(33-27-43)59(50-34-28-44(29-35-50)41-12-5-2-6-13-41)51-36-30-45(31-37-51)42-18-22-47(23-19-42)56-38-39-57(61-56)48-24-20-46(21-25-48)52-15-9-16-54-53-14-7-8-17-55(53)60-58(52)54/h1-39H. The van der Waals surface area contributed by atoms with Crippen LogP contribution in [0.25, 0.3) is 87.3 Å². The summed E-state index contributed by atoms with van der Waals surface area (Å²) < 4.78 is 6.32. The van der Waals surface area contributed by atoms with Gasteiger partial charge in [-0.2, -0.15) is 0 Å². The zero-order valence-electron chi connectivity index (χ0n) is 33.3. The highest BCUT2D eigenvalue weighted by atomic mass is 32.1. The number of rotatable bonds is 9. The quantitative estimate of drug-likeness (QED) is 0.145. The van der Waals surface area contributed by atoms with Gasteiger partial charge in [0.1, 0.15) is 11.2 Å². The second kappa shape index (κ2) is 15.8. The first-order chi connectivity index (χ1) is 30.2. The maximum Gasteiger partial charge on any atom is 0.143 e. The molecular formula is C58H39NOS. The minimum atomic E-state index is 0.920. The molecule has 9 aromatic carbocycles. The molecule has 0 fully saturated rings. The molecule has 0 spiro atoms. The van der Waals surface area contributed by atoms with Crippen LogP contribution in [0.1, 0.15) is 0 Å². The lowest BCUT2D eigenvalue weighted by Crippen LogP contribution is -2.09. The van der Waals surface area contributed by atoms with Crippen LogP contribution in [0.5, 0.6) is 0 Å². The van der Waals surface area contributed by atoms with Gasteiger partial charge in [-0.3, -0.25) is 0 Å². The van der Waals surface area contributed by atoms with Crippen molar-refractivity contribution in [2.75, 3.05) is 4.90 Å². The van der Waals surface area contributed by atoms with Gasteiger partial charge in [0.2, 0.25) is 0 Å². The predicted octanol–water partition coefficient (Wildman–Crippen LogP) is 17.1. The zero-order valence-corrected chi connectivity index (χ0v) is 34.1. The number of nitrogens with zero attached hydrogens (tertiary/aromatic N) is 1. The van der Waals surface area contributed by atoms with E-state index < -0.39 is 0 Å². The second-order valence-electron chi connectivity index (χ2n) is 15.3. The molecule has 0 radical (unpaired) electrons. The molecule has 2 aromatic heterocycles. The maximum absolute atomic E-state index is 6.32. The van der Waals surface area contributed by atoms with Crippen LogP contribution in [0, 0.1) is 0 Å². The summed E-state index contributed by atoms with van der Waals surface area (Å²) in [5.74, 6) is 0. The monoisotopic (exact) mass is 797 g/mol. The van der Waals surface area contributed by atoms with Gasteiger partial charge < -0.3 is 9.32 Å². The van der Waals surface area contributed by atoms with Gasteiger partial charge in [0.25, 0.3) is 0 Å². The SMILES string of the molecule is c1ccc(-c2ccc(N(c3ccc(-c4ccccc4)cc3)c3ccc(-c4ccc(-c5ccc(-c6ccc(-c7cccc8c7oc7ccccc78)cc6)s5)cc4)cc3)cc2)cc1. The third kappa shape index (κ3) is 7.12. The first kappa shape index (κ1) is 36.4. The molecule has 11 aromatic rings. The van der Waals surface area contributed by atoms with Gasteiger partial charge >= 0.3 is 0 Å². The van der Waals surface area contributed by atoms with Crippen molar-refractivity contribution in [2.45, 2.75) is 0 Å². The number of thiophene rings is 1. The van der Waals surface area contributed by atoms with Crippen LogP contribution >= 0.6 is 11.3 Å². The number of hydrogen-bond acceptors (Lipinski definition) is 3. The summed E-state index contributed by atoms with van der Waals surface area (Å²) in [6.07, 6.45) is 0. The van der Waals surface area contributed by atoms with E-state index in [1.165, 1.54) is 54.3 Å². The van der Waals surface area contributed by atoms with Crippen LogP contribution in [-0.2, 0) is 0 Å². The average molecular weight is 798 g/mol. The number of para-hydroxylation sites is 2. The largest absolute Gasteiger partial charge is 0.455 e. The molecule has 0 atom stereocenters. The summed E-state index contributed by atoms with van der Waals surface area (Å²) in [6.45, 7) is 0. The zero-order chi connectivity index (χ0) is 40.5. The Hall–Kier alpha value is -7.72. The van der Waals surface area contributed by atoms with Gasteiger partial charge in [0.15, 0.2) is 0 Å². The van der Waals surface area contributed by atoms with E-state index in [-0.39, 0.29) is 0 Å². The number of anilines is 3. The third-order valence-corrected chi connectivity index (χ3v) is 12.8. The van der Waals surface area contributed by atoms with E-state index in [1.54, 1.807) is 0 Å². The first-order valence-electron chi connectivity index (χ1n) is 20.6. The molecule has 0 N–H and O–H groups in total. The van der Waals surface area contributed by atoms with Crippen molar-refractivity contribution in [3.05, 3.63) is 237 Å². The Morgan fingerprint density at radius 1 is 0.279 bits per heavy atom. The van der Waals surface area contributed by atoms with Crippen LogP contribution in [0.4, 0.5) is 17.1 Å². The Balaban J connectivity index is 0.832. The Labute approximate surface area is 359 Å². The molecule has 2 nitrogen and oxygen atoms in total. The lowest BCUT2D eigenvalue weighted by molar-refractivity contribution is 0.670. The molecule has 3 heteroatoms. The van der Waals surface area contributed by atoms with Crippen molar-refractivity contribution in [1.29, 1.82) is 0 Å². The fourth-order valence-corrected chi connectivity index (χ4v) is 9.40. The average Bonchev–Trinajstić information content (AvgIpc) is 3.99. The normalized spacial score (nSPS) is 11.3. The van der Waals surface area contributed by atoms with Gasteiger partial charge in [0, 0.05) is 43.2 Å². The molecule has 0 saturated heterocycles. The Bertz CT molecular complexity index is 3150. The number of hydrogen-bond donors (Lipinski definition) is 0. The summed E-state index contributed by atoms with van der Waals surface area (Å²) >= 11 is 1.82. The van der Waals surface area contributed by atoms with Crippen molar-refractivity contribution in [1.82, 2.24) is 0 Å². The number of furan rings is 1. The molecule has 0 unspecified atom stereocenters. The van der Waals surface area contributed by atoms with E-state index in [2.05, 4.69) is 229 Å². The topological polar surface area (TPSA) is 16.4 Å². The van der Waals surface area contributed by atoms with E-state index >= 15 is 0 Å². The number of fused-ring (bicyclic) bond motifs is 3. The Kier molecular flexibility index (Phi) is 9.42.